The molecule has 0 aliphatic carbocycles. The van der Waals surface area contributed by atoms with Gasteiger partial charge < -0.3 is 10.4 Å². The predicted molar refractivity (Wildman–Crippen MR) is 65.8 cm³/mol. The molecule has 1 aromatic heterocycles. The zero-order valence-corrected chi connectivity index (χ0v) is 11.0. The molecule has 0 saturated carbocycles. The van der Waals surface area contributed by atoms with Crippen molar-refractivity contribution in [1.29, 1.82) is 0 Å². The molecule has 1 atom stereocenters. The van der Waals surface area contributed by atoms with Gasteiger partial charge in [0.1, 0.15) is 0 Å². The highest BCUT2D eigenvalue weighted by molar-refractivity contribution is 6.34. The van der Waals surface area contributed by atoms with Crippen LogP contribution < -0.4 is 5.32 Å². The zero-order chi connectivity index (χ0) is 13.7. The van der Waals surface area contributed by atoms with E-state index in [1.807, 2.05) is 0 Å². The van der Waals surface area contributed by atoms with Crippen LogP contribution in [-0.2, 0) is 4.79 Å². The number of aliphatic carboxylic acids is 1. The van der Waals surface area contributed by atoms with Crippen LogP contribution in [0, 0.1) is 5.92 Å². The van der Waals surface area contributed by atoms with Gasteiger partial charge >= 0.3 is 5.97 Å². The standard InChI is InChI=1S/C10H11Cl2N3O3/c1-2-5(10(17)18)4-13-9(16)6-3-7(11)14-15-8(6)12/h3,5H,2,4H2,1H3,(H,13,16)(H,17,18). The Bertz CT molecular complexity index is 468. The third kappa shape index (κ3) is 3.82. The summed E-state index contributed by atoms with van der Waals surface area (Å²) in [5.41, 5.74) is 0.0666. The first kappa shape index (κ1) is 14.7. The topological polar surface area (TPSA) is 92.2 Å². The zero-order valence-electron chi connectivity index (χ0n) is 9.48. The molecule has 2 N–H and O–H groups in total. The van der Waals surface area contributed by atoms with Crippen molar-refractivity contribution in [1.82, 2.24) is 15.5 Å². The molecule has 8 heteroatoms. The fraction of sp³-hybridized carbons (Fsp3) is 0.400. The molecular formula is C10H11Cl2N3O3. The number of amides is 1. The third-order valence-corrected chi connectivity index (χ3v) is 2.78. The number of rotatable bonds is 5. The molecule has 18 heavy (non-hydrogen) atoms. The van der Waals surface area contributed by atoms with Gasteiger partial charge in [-0.15, -0.1) is 10.2 Å². The highest BCUT2D eigenvalue weighted by Gasteiger charge is 2.18. The lowest BCUT2D eigenvalue weighted by Gasteiger charge is -2.11. The second kappa shape index (κ2) is 6.51. The van der Waals surface area contributed by atoms with Crippen molar-refractivity contribution in [2.24, 2.45) is 5.92 Å². The molecule has 1 heterocycles. The quantitative estimate of drug-likeness (QED) is 0.860. The Kier molecular flexibility index (Phi) is 5.30. The summed E-state index contributed by atoms with van der Waals surface area (Å²) in [5.74, 6) is -2.13. The fourth-order valence-electron chi connectivity index (χ4n) is 1.23. The number of carbonyl (C=O) groups excluding carboxylic acids is 1. The van der Waals surface area contributed by atoms with E-state index in [2.05, 4.69) is 15.5 Å². The number of hydrogen-bond acceptors (Lipinski definition) is 4. The summed E-state index contributed by atoms with van der Waals surface area (Å²) in [6.45, 7) is 1.74. The smallest absolute Gasteiger partial charge is 0.308 e. The van der Waals surface area contributed by atoms with E-state index in [-0.39, 0.29) is 22.4 Å². The Balaban J connectivity index is 2.71. The highest BCUT2D eigenvalue weighted by atomic mass is 35.5. The highest BCUT2D eigenvalue weighted by Crippen LogP contribution is 2.15. The van der Waals surface area contributed by atoms with Gasteiger partial charge in [-0.1, -0.05) is 30.1 Å². The lowest BCUT2D eigenvalue weighted by atomic mass is 10.1. The molecule has 0 radical (unpaired) electrons. The van der Waals surface area contributed by atoms with Crippen molar-refractivity contribution in [2.75, 3.05) is 6.54 Å². The number of carbonyl (C=O) groups is 2. The molecule has 0 spiro atoms. The summed E-state index contributed by atoms with van der Waals surface area (Å²) in [7, 11) is 0. The number of carboxylic acids is 1. The molecule has 0 aromatic carbocycles. The van der Waals surface area contributed by atoms with Crippen LogP contribution in [0.5, 0.6) is 0 Å². The molecule has 6 nitrogen and oxygen atoms in total. The first-order valence-electron chi connectivity index (χ1n) is 5.15. The average molecular weight is 292 g/mol. The van der Waals surface area contributed by atoms with Crippen molar-refractivity contribution in [3.63, 3.8) is 0 Å². The Morgan fingerprint density at radius 3 is 2.67 bits per heavy atom. The Labute approximate surface area is 113 Å². The van der Waals surface area contributed by atoms with Crippen LogP contribution in [0.15, 0.2) is 6.07 Å². The lowest BCUT2D eigenvalue weighted by molar-refractivity contribution is -0.141. The first-order valence-corrected chi connectivity index (χ1v) is 5.91. The molecule has 0 aliphatic rings. The second-order valence-electron chi connectivity index (χ2n) is 3.52. The first-order chi connectivity index (χ1) is 8.45. The van der Waals surface area contributed by atoms with Crippen molar-refractivity contribution < 1.29 is 14.7 Å². The molecule has 0 fully saturated rings. The number of carboxylic acid groups (broad SMARTS) is 1. The number of nitrogens with one attached hydrogen (secondary N) is 1. The molecule has 1 aromatic rings. The molecule has 1 unspecified atom stereocenters. The van der Waals surface area contributed by atoms with E-state index >= 15 is 0 Å². The fourth-order valence-corrected chi connectivity index (χ4v) is 1.55. The van der Waals surface area contributed by atoms with Gasteiger partial charge in [-0.05, 0) is 12.5 Å². The van der Waals surface area contributed by atoms with Crippen molar-refractivity contribution in [3.8, 4) is 0 Å². The van der Waals surface area contributed by atoms with Gasteiger partial charge in [0.15, 0.2) is 10.3 Å². The molecular weight excluding hydrogens is 281 g/mol. The number of nitrogens with zero attached hydrogens (tertiary/aromatic N) is 2. The van der Waals surface area contributed by atoms with Gasteiger partial charge in [-0.25, -0.2) is 0 Å². The van der Waals surface area contributed by atoms with Crippen molar-refractivity contribution in [2.45, 2.75) is 13.3 Å². The van der Waals surface area contributed by atoms with Crippen molar-refractivity contribution in [3.05, 3.63) is 21.9 Å². The third-order valence-electron chi connectivity index (χ3n) is 2.31. The summed E-state index contributed by atoms with van der Waals surface area (Å²) in [6.07, 6.45) is 0.415. The minimum absolute atomic E-state index is 0.0148. The monoisotopic (exact) mass is 291 g/mol. The number of halogens is 2. The molecule has 98 valence electrons. The summed E-state index contributed by atoms with van der Waals surface area (Å²) in [5, 5.41) is 18.2. The minimum Gasteiger partial charge on any atom is -0.481 e. The SMILES string of the molecule is CCC(CNC(=O)c1cc(Cl)nnc1Cl)C(=O)O. The van der Waals surface area contributed by atoms with Gasteiger partial charge in [0, 0.05) is 6.54 Å². The number of aromatic nitrogens is 2. The summed E-state index contributed by atoms with van der Waals surface area (Å²) in [6, 6.07) is 1.27. The van der Waals surface area contributed by atoms with Gasteiger partial charge in [0.25, 0.3) is 5.91 Å². The minimum atomic E-state index is -0.963. The van der Waals surface area contributed by atoms with E-state index in [1.165, 1.54) is 6.07 Å². The maximum Gasteiger partial charge on any atom is 0.308 e. The van der Waals surface area contributed by atoms with Crippen molar-refractivity contribution >= 4 is 35.1 Å². The maximum atomic E-state index is 11.7. The number of hydrogen-bond donors (Lipinski definition) is 2. The van der Waals surface area contributed by atoms with Crippen LogP contribution in [0.25, 0.3) is 0 Å². The normalized spacial score (nSPS) is 11.9. The van der Waals surface area contributed by atoms with E-state index in [4.69, 9.17) is 28.3 Å². The molecule has 1 amide bonds. The second-order valence-corrected chi connectivity index (χ2v) is 4.27. The Morgan fingerprint density at radius 1 is 1.44 bits per heavy atom. The summed E-state index contributed by atoms with van der Waals surface area (Å²) >= 11 is 11.3. The van der Waals surface area contributed by atoms with Gasteiger partial charge in [-0.2, -0.15) is 0 Å². The van der Waals surface area contributed by atoms with E-state index in [9.17, 15) is 9.59 Å². The Morgan fingerprint density at radius 2 is 2.11 bits per heavy atom. The van der Waals surface area contributed by atoms with Gasteiger partial charge in [0.2, 0.25) is 0 Å². The van der Waals surface area contributed by atoms with Crippen LogP contribution in [0.2, 0.25) is 10.3 Å². The van der Waals surface area contributed by atoms with Gasteiger partial charge in [0.05, 0.1) is 11.5 Å². The molecule has 0 aliphatic heterocycles. The largest absolute Gasteiger partial charge is 0.481 e. The van der Waals surface area contributed by atoms with E-state index in [0.717, 1.165) is 0 Å². The van der Waals surface area contributed by atoms with Gasteiger partial charge in [-0.3, -0.25) is 9.59 Å². The van der Waals surface area contributed by atoms with E-state index in [1.54, 1.807) is 6.92 Å². The van der Waals surface area contributed by atoms with Crippen LogP contribution in [0.3, 0.4) is 0 Å². The van der Waals surface area contributed by atoms with E-state index < -0.39 is 17.8 Å². The molecule has 0 saturated heterocycles. The van der Waals surface area contributed by atoms with Crippen LogP contribution in [-0.4, -0.2) is 33.7 Å². The molecule has 0 bridgehead atoms. The Hall–Kier alpha value is -1.40. The lowest BCUT2D eigenvalue weighted by Crippen LogP contribution is -2.32. The van der Waals surface area contributed by atoms with Crippen LogP contribution in [0.1, 0.15) is 23.7 Å². The van der Waals surface area contributed by atoms with Crippen LogP contribution >= 0.6 is 23.2 Å². The van der Waals surface area contributed by atoms with Crippen LogP contribution in [0.4, 0.5) is 0 Å². The summed E-state index contributed by atoms with van der Waals surface area (Å²) < 4.78 is 0. The van der Waals surface area contributed by atoms with E-state index in [0.29, 0.717) is 6.42 Å². The molecule has 1 rings (SSSR count). The average Bonchev–Trinajstić information content (AvgIpc) is 2.32. The summed E-state index contributed by atoms with van der Waals surface area (Å²) in [4.78, 5) is 22.5. The maximum absolute atomic E-state index is 11.7. The predicted octanol–water partition coefficient (Wildman–Crippen LogP) is 1.62.